The summed E-state index contributed by atoms with van der Waals surface area (Å²) >= 11 is 3.41. The number of nitrogens with one attached hydrogen (secondary N) is 1. The third-order valence-electron chi connectivity index (χ3n) is 2.40. The Morgan fingerprint density at radius 3 is 2.65 bits per heavy atom. The Labute approximate surface area is 123 Å². The largest absolute Gasteiger partial charge is 0.411 e. The topological polar surface area (TPSA) is 38.3 Å². The van der Waals surface area contributed by atoms with E-state index in [0.29, 0.717) is 5.69 Å². The van der Waals surface area contributed by atoms with Crippen LogP contribution in [-0.2, 0) is 9.53 Å². The van der Waals surface area contributed by atoms with E-state index >= 15 is 0 Å². The molecular weight excluding hydrogens is 339 g/mol. The summed E-state index contributed by atoms with van der Waals surface area (Å²) in [6.45, 7) is 0.310. The average molecular weight is 354 g/mol. The van der Waals surface area contributed by atoms with Crippen molar-refractivity contribution in [3.63, 3.8) is 0 Å². The maximum atomic E-state index is 11.8. The second-order valence-electron chi connectivity index (χ2n) is 4.17. The Balaban J connectivity index is 2.43. The molecule has 1 rings (SSSR count). The third kappa shape index (κ3) is 6.38. The Hall–Kier alpha value is -1.08. The predicted molar refractivity (Wildman–Crippen MR) is 73.9 cm³/mol. The number of hydrogen-bond donors (Lipinski definition) is 1. The number of carbonyl (C=O) groups is 1. The minimum atomic E-state index is -4.37. The van der Waals surface area contributed by atoms with Gasteiger partial charge in [0, 0.05) is 10.5 Å². The molecule has 0 aliphatic rings. The molecule has 0 heterocycles. The van der Waals surface area contributed by atoms with E-state index in [0.717, 1.165) is 5.56 Å². The highest BCUT2D eigenvalue weighted by Crippen LogP contribution is 2.28. The highest BCUT2D eigenvalue weighted by atomic mass is 79.9. The van der Waals surface area contributed by atoms with Gasteiger partial charge in [-0.05, 0) is 18.6 Å². The fraction of sp³-hybridized carbons (Fsp3) is 0.462. The number of hydrogen-bond acceptors (Lipinski definition) is 2. The maximum absolute atomic E-state index is 11.8. The van der Waals surface area contributed by atoms with E-state index in [2.05, 4.69) is 26.0 Å². The molecule has 0 bridgehead atoms. The first kappa shape index (κ1) is 17.0. The summed E-state index contributed by atoms with van der Waals surface area (Å²) in [5, 5.41) is 2.66. The van der Waals surface area contributed by atoms with Crippen molar-refractivity contribution in [2.24, 2.45) is 0 Å². The second-order valence-corrected chi connectivity index (χ2v) is 5.54. The highest BCUT2D eigenvalue weighted by molar-refractivity contribution is 9.09. The van der Waals surface area contributed by atoms with Crippen LogP contribution in [0.4, 0.5) is 18.9 Å². The molecule has 0 saturated carbocycles. The number of amides is 1. The number of anilines is 1. The maximum Gasteiger partial charge on any atom is 0.411 e. The van der Waals surface area contributed by atoms with Crippen LogP contribution < -0.4 is 5.32 Å². The van der Waals surface area contributed by atoms with Crippen molar-refractivity contribution in [3.8, 4) is 0 Å². The van der Waals surface area contributed by atoms with Crippen LogP contribution in [0, 0.1) is 0 Å². The quantitative estimate of drug-likeness (QED) is 0.618. The molecule has 0 aliphatic heterocycles. The predicted octanol–water partition coefficient (Wildman–Crippen LogP) is 4.05. The molecule has 112 valence electrons. The van der Waals surface area contributed by atoms with Crippen LogP contribution in [0.5, 0.6) is 0 Å². The summed E-state index contributed by atoms with van der Waals surface area (Å²) in [7, 11) is 0. The van der Waals surface area contributed by atoms with Gasteiger partial charge in [-0.3, -0.25) is 4.79 Å². The lowest BCUT2D eigenvalue weighted by Gasteiger charge is -2.13. The zero-order chi connectivity index (χ0) is 15.2. The van der Waals surface area contributed by atoms with Crippen LogP contribution in [0.1, 0.15) is 23.7 Å². The molecule has 1 unspecified atom stereocenters. The molecule has 0 spiro atoms. The molecule has 1 aromatic rings. The Morgan fingerprint density at radius 1 is 1.40 bits per heavy atom. The van der Waals surface area contributed by atoms with E-state index in [1.54, 1.807) is 12.1 Å². The van der Waals surface area contributed by atoms with Gasteiger partial charge in [-0.2, -0.15) is 13.2 Å². The fourth-order valence-electron chi connectivity index (χ4n) is 1.52. The van der Waals surface area contributed by atoms with Crippen LogP contribution in [0.2, 0.25) is 0 Å². The number of carbonyl (C=O) groups excluding carboxylic acids is 1. The number of ether oxygens (including phenoxy) is 1. The summed E-state index contributed by atoms with van der Waals surface area (Å²) < 4.78 is 39.9. The molecule has 1 N–H and O–H groups in total. The smallest absolute Gasteiger partial charge is 0.372 e. The fourth-order valence-corrected chi connectivity index (χ4v) is 1.92. The van der Waals surface area contributed by atoms with Gasteiger partial charge in [-0.1, -0.05) is 34.1 Å². The zero-order valence-electron chi connectivity index (χ0n) is 10.8. The molecule has 1 amide bonds. The van der Waals surface area contributed by atoms with Gasteiger partial charge >= 0.3 is 6.18 Å². The molecule has 20 heavy (non-hydrogen) atoms. The average Bonchev–Trinajstić information content (AvgIpc) is 2.34. The van der Waals surface area contributed by atoms with Crippen LogP contribution in [0.3, 0.4) is 0 Å². The van der Waals surface area contributed by atoms with Crippen LogP contribution in [0.15, 0.2) is 24.3 Å². The third-order valence-corrected chi connectivity index (χ3v) is 2.90. The molecule has 3 nitrogen and oxygen atoms in total. The Bertz CT molecular complexity index is 449. The van der Waals surface area contributed by atoms with Crippen molar-refractivity contribution in [1.29, 1.82) is 0 Å². The summed E-state index contributed by atoms with van der Waals surface area (Å²) in [4.78, 5) is 11.7. The van der Waals surface area contributed by atoms with E-state index in [9.17, 15) is 18.0 Å². The van der Waals surface area contributed by atoms with E-state index < -0.39 is 12.8 Å². The van der Waals surface area contributed by atoms with E-state index in [-0.39, 0.29) is 23.8 Å². The molecule has 0 aliphatic carbocycles. The van der Waals surface area contributed by atoms with Gasteiger partial charge in [-0.25, -0.2) is 0 Å². The first-order valence-electron chi connectivity index (χ1n) is 5.97. The summed E-state index contributed by atoms with van der Waals surface area (Å²) in [5.74, 6) is -0.382. The summed E-state index contributed by atoms with van der Waals surface area (Å²) in [6.07, 6.45) is -4.49. The molecule has 1 atom stereocenters. The van der Waals surface area contributed by atoms with E-state index in [4.69, 9.17) is 0 Å². The Kier molecular flexibility index (Phi) is 6.48. The van der Waals surface area contributed by atoms with Gasteiger partial charge in [-0.15, -0.1) is 0 Å². The minimum Gasteiger partial charge on any atom is -0.372 e. The van der Waals surface area contributed by atoms with E-state index in [1.807, 2.05) is 19.1 Å². The van der Waals surface area contributed by atoms with Crippen molar-refractivity contribution >= 4 is 27.5 Å². The number of alkyl halides is 4. The van der Waals surface area contributed by atoms with Crippen molar-refractivity contribution in [1.82, 2.24) is 0 Å². The summed E-state index contributed by atoms with van der Waals surface area (Å²) in [6, 6.07) is 7.21. The highest BCUT2D eigenvalue weighted by Gasteiger charge is 2.27. The monoisotopic (exact) mass is 353 g/mol. The summed E-state index contributed by atoms with van der Waals surface area (Å²) in [5.41, 5.74) is 1.54. The van der Waals surface area contributed by atoms with Crippen molar-refractivity contribution in [2.45, 2.75) is 24.3 Å². The standard InChI is InChI=1S/C13H15BrF3NO2/c1-9(14)10-4-2-3-5-11(10)18-12(19)6-7-20-8-13(15,16)17/h2-5,9H,6-8H2,1H3,(H,18,19). The van der Waals surface area contributed by atoms with E-state index in [1.165, 1.54) is 0 Å². The number of rotatable bonds is 6. The number of benzene rings is 1. The molecule has 0 radical (unpaired) electrons. The lowest BCUT2D eigenvalue weighted by molar-refractivity contribution is -0.174. The van der Waals surface area contributed by atoms with Crippen LogP contribution >= 0.6 is 15.9 Å². The zero-order valence-corrected chi connectivity index (χ0v) is 12.4. The van der Waals surface area contributed by atoms with Gasteiger partial charge in [0.05, 0.1) is 13.0 Å². The molecule has 1 aromatic carbocycles. The van der Waals surface area contributed by atoms with Gasteiger partial charge in [0.15, 0.2) is 0 Å². The molecule has 0 saturated heterocycles. The lowest BCUT2D eigenvalue weighted by atomic mass is 10.1. The minimum absolute atomic E-state index is 0.0560. The SMILES string of the molecule is CC(Br)c1ccccc1NC(=O)CCOCC(F)(F)F. The van der Waals surface area contributed by atoms with Gasteiger partial charge in [0.25, 0.3) is 0 Å². The van der Waals surface area contributed by atoms with Crippen molar-refractivity contribution < 1.29 is 22.7 Å². The number of para-hydroxylation sites is 1. The van der Waals surface area contributed by atoms with Crippen molar-refractivity contribution in [2.75, 3.05) is 18.5 Å². The van der Waals surface area contributed by atoms with Gasteiger partial charge in [0.2, 0.25) is 5.91 Å². The molecule has 7 heteroatoms. The molecule has 0 fully saturated rings. The van der Waals surface area contributed by atoms with Crippen molar-refractivity contribution in [3.05, 3.63) is 29.8 Å². The normalized spacial score (nSPS) is 13.1. The molecule has 0 aromatic heterocycles. The van der Waals surface area contributed by atoms with Crippen LogP contribution in [-0.4, -0.2) is 25.3 Å². The first-order chi connectivity index (χ1) is 9.29. The van der Waals surface area contributed by atoms with Gasteiger partial charge in [0.1, 0.15) is 6.61 Å². The second kappa shape index (κ2) is 7.64. The molecular formula is C13H15BrF3NO2. The van der Waals surface area contributed by atoms with Crippen LogP contribution in [0.25, 0.3) is 0 Å². The Morgan fingerprint density at radius 2 is 2.05 bits per heavy atom. The van der Waals surface area contributed by atoms with Gasteiger partial charge < -0.3 is 10.1 Å². The lowest BCUT2D eigenvalue weighted by Crippen LogP contribution is -2.20. The first-order valence-corrected chi connectivity index (χ1v) is 6.88. The number of halogens is 4.